The molecule has 0 radical (unpaired) electrons. The maximum atomic E-state index is 13.0. The molecule has 24 heavy (non-hydrogen) atoms. The lowest BCUT2D eigenvalue weighted by atomic mass is 10.3. The van der Waals surface area contributed by atoms with Crippen molar-refractivity contribution in [1.82, 2.24) is 15.4 Å². The van der Waals surface area contributed by atoms with Crippen LogP contribution in [0, 0.1) is 5.82 Å². The number of likely N-dealkylation sites (N-methyl/N-ethyl adjacent to an activating group) is 2. The molecule has 1 aromatic carbocycles. The van der Waals surface area contributed by atoms with Crippen molar-refractivity contribution in [2.24, 2.45) is 0 Å². The third kappa shape index (κ3) is 4.45. The predicted molar refractivity (Wildman–Crippen MR) is 83.3 cm³/mol. The number of nitrogens with one attached hydrogen (secondary N) is 1. The summed E-state index contributed by atoms with van der Waals surface area (Å²) in [5.41, 5.74) is 0.0465. The topological polar surface area (TPSA) is 84.7 Å². The van der Waals surface area contributed by atoms with E-state index in [1.54, 1.807) is 0 Å². The highest BCUT2D eigenvalue weighted by Crippen LogP contribution is 2.25. The van der Waals surface area contributed by atoms with E-state index in [2.05, 4.69) is 10.5 Å². The third-order valence-corrected chi connectivity index (χ3v) is 3.34. The number of hydrogen-bond donors (Lipinski definition) is 1. The predicted octanol–water partition coefficient (Wildman–Crippen LogP) is 1.86. The molecule has 128 valence electrons. The summed E-state index contributed by atoms with van der Waals surface area (Å²) < 4.78 is 23.4. The van der Waals surface area contributed by atoms with Gasteiger partial charge in [-0.2, -0.15) is 0 Å². The highest BCUT2D eigenvalue weighted by Gasteiger charge is 2.19. The SMILES string of the molecule is CNC(=O)CN(C)C(=O)c1cc(COc2ccc(F)cc2Cl)on1. The summed E-state index contributed by atoms with van der Waals surface area (Å²) in [4.78, 5) is 24.6. The average molecular weight is 356 g/mol. The van der Waals surface area contributed by atoms with Crippen LogP contribution in [0.4, 0.5) is 4.39 Å². The van der Waals surface area contributed by atoms with E-state index in [4.69, 9.17) is 20.9 Å². The van der Waals surface area contributed by atoms with Crippen LogP contribution in [0.1, 0.15) is 16.2 Å². The van der Waals surface area contributed by atoms with Gasteiger partial charge in [0.1, 0.15) is 18.2 Å². The Labute approximate surface area is 142 Å². The van der Waals surface area contributed by atoms with Crippen molar-refractivity contribution in [3.8, 4) is 5.75 Å². The van der Waals surface area contributed by atoms with Crippen LogP contribution in [0.25, 0.3) is 0 Å². The van der Waals surface area contributed by atoms with Gasteiger partial charge in [0, 0.05) is 20.2 Å². The highest BCUT2D eigenvalue weighted by molar-refractivity contribution is 6.32. The summed E-state index contributed by atoms with van der Waals surface area (Å²) in [6.45, 7) is -0.135. The Morgan fingerprint density at radius 2 is 2.17 bits per heavy atom. The lowest BCUT2D eigenvalue weighted by molar-refractivity contribution is -0.121. The van der Waals surface area contributed by atoms with E-state index in [1.165, 1.54) is 37.2 Å². The number of carbonyl (C=O) groups is 2. The molecule has 1 N–H and O–H groups in total. The average Bonchev–Trinajstić information content (AvgIpc) is 3.02. The van der Waals surface area contributed by atoms with Crippen LogP contribution in [0.15, 0.2) is 28.8 Å². The standard InChI is InChI=1S/C15H15ClFN3O4/c1-18-14(21)7-20(2)15(22)12-6-10(24-19-12)8-23-13-4-3-9(17)5-11(13)16/h3-6H,7-8H2,1-2H3,(H,18,21). The first-order valence-electron chi connectivity index (χ1n) is 6.90. The monoisotopic (exact) mass is 355 g/mol. The van der Waals surface area contributed by atoms with Gasteiger partial charge in [-0.1, -0.05) is 16.8 Å². The van der Waals surface area contributed by atoms with Crippen molar-refractivity contribution >= 4 is 23.4 Å². The highest BCUT2D eigenvalue weighted by atomic mass is 35.5. The smallest absolute Gasteiger partial charge is 0.276 e. The quantitative estimate of drug-likeness (QED) is 0.855. The zero-order valence-electron chi connectivity index (χ0n) is 13.0. The van der Waals surface area contributed by atoms with E-state index >= 15 is 0 Å². The van der Waals surface area contributed by atoms with Gasteiger partial charge in [-0.3, -0.25) is 9.59 Å². The van der Waals surface area contributed by atoms with Crippen LogP contribution < -0.4 is 10.1 Å². The molecule has 0 saturated carbocycles. The molecule has 0 aliphatic rings. The largest absolute Gasteiger partial charge is 0.484 e. The molecule has 2 amide bonds. The minimum atomic E-state index is -0.473. The van der Waals surface area contributed by atoms with E-state index in [0.717, 1.165) is 6.07 Å². The Bertz CT molecular complexity index is 750. The molecule has 0 bridgehead atoms. The fraction of sp³-hybridized carbons (Fsp3) is 0.267. The second-order valence-corrected chi connectivity index (χ2v) is 5.28. The van der Waals surface area contributed by atoms with Gasteiger partial charge >= 0.3 is 0 Å². The van der Waals surface area contributed by atoms with Gasteiger partial charge in [-0.05, 0) is 18.2 Å². The number of hydrogen-bond acceptors (Lipinski definition) is 5. The Balaban J connectivity index is 1.97. The van der Waals surface area contributed by atoms with Gasteiger partial charge in [-0.25, -0.2) is 4.39 Å². The van der Waals surface area contributed by atoms with Gasteiger partial charge in [-0.15, -0.1) is 0 Å². The minimum Gasteiger partial charge on any atom is -0.484 e. The number of amides is 2. The molecule has 0 aliphatic heterocycles. The Morgan fingerprint density at radius 3 is 2.83 bits per heavy atom. The number of carbonyl (C=O) groups excluding carboxylic acids is 2. The molecular formula is C15H15ClFN3O4. The lowest BCUT2D eigenvalue weighted by Crippen LogP contribution is -2.37. The van der Waals surface area contributed by atoms with Crippen molar-refractivity contribution in [3.05, 3.63) is 46.6 Å². The van der Waals surface area contributed by atoms with Gasteiger partial charge in [0.05, 0.1) is 11.6 Å². The minimum absolute atomic E-state index is 0.0369. The Hall–Kier alpha value is -2.61. The summed E-state index contributed by atoms with van der Waals surface area (Å²) in [6.07, 6.45) is 0. The van der Waals surface area contributed by atoms with Gasteiger partial charge in [0.2, 0.25) is 5.91 Å². The molecule has 0 aliphatic carbocycles. The number of nitrogens with zero attached hydrogens (tertiary/aromatic N) is 2. The number of rotatable bonds is 6. The van der Waals surface area contributed by atoms with Gasteiger partial charge < -0.3 is 19.5 Å². The summed E-state index contributed by atoms with van der Waals surface area (Å²) in [6, 6.07) is 5.13. The zero-order valence-corrected chi connectivity index (χ0v) is 13.8. The molecule has 2 aromatic rings. The normalized spacial score (nSPS) is 10.3. The van der Waals surface area contributed by atoms with E-state index in [-0.39, 0.29) is 41.3 Å². The van der Waals surface area contributed by atoms with Gasteiger partial charge in [0.25, 0.3) is 5.91 Å². The number of halogens is 2. The molecule has 2 rings (SSSR count). The van der Waals surface area contributed by atoms with E-state index in [0.29, 0.717) is 0 Å². The molecule has 7 nitrogen and oxygen atoms in total. The third-order valence-electron chi connectivity index (χ3n) is 3.05. The Morgan fingerprint density at radius 1 is 1.42 bits per heavy atom. The summed E-state index contributed by atoms with van der Waals surface area (Å²) >= 11 is 5.85. The van der Waals surface area contributed by atoms with E-state index in [1.807, 2.05) is 0 Å². The first kappa shape index (κ1) is 17.7. The fourth-order valence-corrected chi connectivity index (χ4v) is 2.01. The Kier molecular flexibility index (Phi) is 5.75. The van der Waals surface area contributed by atoms with Crippen LogP contribution in [0.2, 0.25) is 5.02 Å². The zero-order chi connectivity index (χ0) is 17.7. The molecule has 0 fully saturated rings. The van der Waals surface area contributed by atoms with Crippen LogP contribution in [0.5, 0.6) is 5.75 Å². The van der Waals surface area contributed by atoms with E-state index in [9.17, 15) is 14.0 Å². The number of benzene rings is 1. The fourth-order valence-electron chi connectivity index (χ4n) is 1.78. The molecule has 0 saturated heterocycles. The first-order valence-corrected chi connectivity index (χ1v) is 7.28. The summed E-state index contributed by atoms with van der Waals surface area (Å²) in [7, 11) is 2.95. The van der Waals surface area contributed by atoms with Crippen LogP contribution in [0.3, 0.4) is 0 Å². The van der Waals surface area contributed by atoms with Crippen LogP contribution in [-0.2, 0) is 11.4 Å². The number of ether oxygens (including phenoxy) is 1. The molecular weight excluding hydrogens is 341 g/mol. The summed E-state index contributed by atoms with van der Waals surface area (Å²) in [5.74, 6) is -0.678. The number of aromatic nitrogens is 1. The second-order valence-electron chi connectivity index (χ2n) is 4.88. The molecule has 0 atom stereocenters. The molecule has 0 spiro atoms. The summed E-state index contributed by atoms with van der Waals surface area (Å²) in [5, 5.41) is 6.19. The molecule has 1 aromatic heterocycles. The maximum absolute atomic E-state index is 13.0. The van der Waals surface area contributed by atoms with Crippen molar-refractivity contribution < 1.29 is 23.2 Å². The van der Waals surface area contributed by atoms with E-state index < -0.39 is 11.7 Å². The first-order chi connectivity index (χ1) is 11.4. The van der Waals surface area contributed by atoms with Crippen LogP contribution in [-0.4, -0.2) is 42.5 Å². The maximum Gasteiger partial charge on any atom is 0.276 e. The lowest BCUT2D eigenvalue weighted by Gasteiger charge is -2.13. The van der Waals surface area contributed by atoms with Crippen molar-refractivity contribution in [2.45, 2.75) is 6.61 Å². The molecule has 1 heterocycles. The molecule has 9 heteroatoms. The van der Waals surface area contributed by atoms with Crippen molar-refractivity contribution in [3.63, 3.8) is 0 Å². The van der Waals surface area contributed by atoms with Crippen molar-refractivity contribution in [1.29, 1.82) is 0 Å². The van der Waals surface area contributed by atoms with Crippen LogP contribution >= 0.6 is 11.6 Å². The van der Waals surface area contributed by atoms with Crippen molar-refractivity contribution in [2.75, 3.05) is 20.6 Å². The molecule has 0 unspecified atom stereocenters. The second kappa shape index (κ2) is 7.78. The van der Waals surface area contributed by atoms with Gasteiger partial charge in [0.15, 0.2) is 11.5 Å².